The number of piperidine rings is 1. The van der Waals surface area contributed by atoms with Crippen LogP contribution in [-0.2, 0) is 4.79 Å². The van der Waals surface area contributed by atoms with Crippen molar-refractivity contribution in [3.8, 4) is 0 Å². The van der Waals surface area contributed by atoms with Crippen molar-refractivity contribution < 1.29 is 4.79 Å². The van der Waals surface area contributed by atoms with Gasteiger partial charge < -0.3 is 10.2 Å². The van der Waals surface area contributed by atoms with Crippen molar-refractivity contribution in [2.24, 2.45) is 0 Å². The summed E-state index contributed by atoms with van der Waals surface area (Å²) in [5, 5.41) is 3.56. The number of hydrogen-bond acceptors (Lipinski definition) is 4. The number of hydrogen-bond donors (Lipinski definition) is 1. The Morgan fingerprint density at radius 1 is 1.68 bits per heavy atom. The third-order valence-electron chi connectivity index (χ3n) is 3.19. The van der Waals surface area contributed by atoms with E-state index >= 15 is 0 Å². The summed E-state index contributed by atoms with van der Waals surface area (Å²) in [6.07, 6.45) is 5.01. The van der Waals surface area contributed by atoms with E-state index in [-0.39, 0.29) is 17.2 Å². The molecule has 1 aromatic heterocycles. The van der Waals surface area contributed by atoms with Crippen LogP contribution in [0.25, 0.3) is 0 Å². The van der Waals surface area contributed by atoms with Gasteiger partial charge in [0.15, 0.2) is 0 Å². The summed E-state index contributed by atoms with van der Waals surface area (Å²) in [5.74, 6) is 0.710. The van der Waals surface area contributed by atoms with Crippen LogP contribution in [0.5, 0.6) is 0 Å². The first-order chi connectivity index (χ1) is 9.10. The van der Waals surface area contributed by atoms with Crippen LogP contribution in [0.3, 0.4) is 0 Å². The van der Waals surface area contributed by atoms with Gasteiger partial charge in [-0.05, 0) is 37.4 Å². The molecule has 2 heterocycles. The summed E-state index contributed by atoms with van der Waals surface area (Å²) >= 11 is 5.80. The molecule has 0 bridgehead atoms. The second-order valence-electron chi connectivity index (χ2n) is 4.64. The Kier molecular flexibility index (Phi) is 4.37. The minimum atomic E-state index is -0.0241. The molecule has 1 amide bonds. The monoisotopic (exact) mass is 280 g/mol. The van der Waals surface area contributed by atoms with Gasteiger partial charge in [-0.1, -0.05) is 6.58 Å². The summed E-state index contributed by atoms with van der Waals surface area (Å²) < 4.78 is 0. The molecule has 6 heteroatoms. The highest BCUT2D eigenvalue weighted by atomic mass is 35.5. The number of halogens is 1. The average Bonchev–Trinajstić information content (AvgIpc) is 2.42. The Bertz CT molecular complexity index is 492. The molecule has 0 spiro atoms. The maximum Gasteiger partial charge on any atom is 0.246 e. The minimum absolute atomic E-state index is 0.0241. The molecular formula is C13H17ClN4O. The van der Waals surface area contributed by atoms with Gasteiger partial charge in [-0.15, -0.1) is 0 Å². The number of nitrogens with one attached hydrogen (secondary N) is 1. The van der Waals surface area contributed by atoms with E-state index in [1.54, 1.807) is 11.1 Å². The highest BCUT2D eigenvalue weighted by molar-refractivity contribution is 6.28. The van der Waals surface area contributed by atoms with Gasteiger partial charge in [0.2, 0.25) is 11.2 Å². The summed E-state index contributed by atoms with van der Waals surface area (Å²) in [6.45, 7) is 6.89. The van der Waals surface area contributed by atoms with Gasteiger partial charge in [-0.25, -0.2) is 9.97 Å². The predicted molar refractivity (Wildman–Crippen MR) is 75.2 cm³/mol. The standard InChI is InChI=1S/C13H17ClN4O/c1-3-11(19)18-6-4-5-10(8-18)16-12-9(2)7-15-13(14)17-12/h3,7,10H,1,4-6,8H2,2H3,(H,15,16,17)/t10-/m1/s1. The number of amides is 1. The lowest BCUT2D eigenvalue weighted by molar-refractivity contribution is -0.127. The maximum absolute atomic E-state index is 11.6. The van der Waals surface area contributed by atoms with Crippen molar-refractivity contribution in [3.05, 3.63) is 29.7 Å². The van der Waals surface area contributed by atoms with Crippen molar-refractivity contribution >= 4 is 23.3 Å². The molecule has 0 aromatic carbocycles. The molecule has 1 atom stereocenters. The largest absolute Gasteiger partial charge is 0.365 e. The van der Waals surface area contributed by atoms with Gasteiger partial charge >= 0.3 is 0 Å². The average molecular weight is 281 g/mol. The number of carbonyl (C=O) groups is 1. The van der Waals surface area contributed by atoms with Crippen LogP contribution in [-0.4, -0.2) is 39.9 Å². The molecule has 0 radical (unpaired) electrons. The predicted octanol–water partition coefficient (Wildman–Crippen LogP) is 2.03. The molecule has 1 aromatic rings. The SMILES string of the molecule is C=CC(=O)N1CCC[C@@H](Nc2nc(Cl)ncc2C)C1. The van der Waals surface area contributed by atoms with Gasteiger partial charge in [0.05, 0.1) is 0 Å². The number of nitrogens with zero attached hydrogens (tertiary/aromatic N) is 3. The highest BCUT2D eigenvalue weighted by Crippen LogP contribution is 2.18. The lowest BCUT2D eigenvalue weighted by Gasteiger charge is -2.33. The normalized spacial score (nSPS) is 19.1. The maximum atomic E-state index is 11.6. The molecule has 1 N–H and O–H groups in total. The van der Waals surface area contributed by atoms with Crippen LogP contribution in [0.1, 0.15) is 18.4 Å². The number of aryl methyl sites for hydroxylation is 1. The van der Waals surface area contributed by atoms with Crippen molar-refractivity contribution in [2.45, 2.75) is 25.8 Å². The Hall–Kier alpha value is -1.62. The molecule has 5 nitrogen and oxygen atoms in total. The smallest absolute Gasteiger partial charge is 0.246 e. The fourth-order valence-corrected chi connectivity index (χ4v) is 2.32. The first-order valence-electron chi connectivity index (χ1n) is 6.27. The Balaban J connectivity index is 2.04. The fraction of sp³-hybridized carbons (Fsp3) is 0.462. The number of likely N-dealkylation sites (tertiary alicyclic amines) is 1. The third kappa shape index (κ3) is 3.44. The van der Waals surface area contributed by atoms with E-state index in [4.69, 9.17) is 11.6 Å². The van der Waals surface area contributed by atoms with Gasteiger partial charge in [-0.3, -0.25) is 4.79 Å². The van der Waals surface area contributed by atoms with Gasteiger partial charge in [0.1, 0.15) is 5.82 Å². The molecule has 102 valence electrons. The van der Waals surface area contributed by atoms with Crippen molar-refractivity contribution in [2.75, 3.05) is 18.4 Å². The summed E-state index contributed by atoms with van der Waals surface area (Å²) in [7, 11) is 0. The van der Waals surface area contributed by atoms with E-state index < -0.39 is 0 Å². The minimum Gasteiger partial charge on any atom is -0.365 e. The zero-order chi connectivity index (χ0) is 13.8. The molecule has 1 saturated heterocycles. The Morgan fingerprint density at radius 2 is 2.47 bits per heavy atom. The molecular weight excluding hydrogens is 264 g/mol. The summed E-state index contributed by atoms with van der Waals surface area (Å²) in [4.78, 5) is 21.5. The number of carbonyl (C=O) groups excluding carboxylic acids is 1. The van der Waals surface area contributed by atoms with Crippen LogP contribution in [0.2, 0.25) is 5.28 Å². The van der Waals surface area contributed by atoms with E-state index in [2.05, 4.69) is 21.9 Å². The topological polar surface area (TPSA) is 58.1 Å². The van der Waals surface area contributed by atoms with Crippen LogP contribution >= 0.6 is 11.6 Å². The zero-order valence-corrected chi connectivity index (χ0v) is 11.7. The van der Waals surface area contributed by atoms with E-state index in [9.17, 15) is 4.79 Å². The zero-order valence-electron chi connectivity index (χ0n) is 10.9. The Labute approximate surface area is 117 Å². The number of anilines is 1. The molecule has 2 rings (SSSR count). The number of aromatic nitrogens is 2. The lowest BCUT2D eigenvalue weighted by atomic mass is 10.1. The van der Waals surface area contributed by atoms with E-state index in [0.717, 1.165) is 30.8 Å². The van der Waals surface area contributed by atoms with Crippen LogP contribution in [0.4, 0.5) is 5.82 Å². The van der Waals surface area contributed by atoms with E-state index in [1.165, 1.54) is 6.08 Å². The first kappa shape index (κ1) is 13.8. The molecule has 1 aliphatic heterocycles. The molecule has 0 aliphatic carbocycles. The second-order valence-corrected chi connectivity index (χ2v) is 4.98. The summed E-state index contributed by atoms with van der Waals surface area (Å²) in [6, 6.07) is 0.183. The third-order valence-corrected chi connectivity index (χ3v) is 3.37. The van der Waals surface area contributed by atoms with Crippen LogP contribution in [0, 0.1) is 6.92 Å². The quantitative estimate of drug-likeness (QED) is 0.680. The lowest BCUT2D eigenvalue weighted by Crippen LogP contribution is -2.44. The second kappa shape index (κ2) is 6.02. The van der Waals surface area contributed by atoms with Crippen LogP contribution in [0.15, 0.2) is 18.9 Å². The van der Waals surface area contributed by atoms with Gasteiger partial charge in [-0.2, -0.15) is 0 Å². The fourth-order valence-electron chi connectivity index (χ4n) is 2.18. The van der Waals surface area contributed by atoms with Crippen molar-refractivity contribution in [1.82, 2.24) is 14.9 Å². The van der Waals surface area contributed by atoms with Crippen molar-refractivity contribution in [1.29, 1.82) is 0 Å². The molecule has 19 heavy (non-hydrogen) atoms. The first-order valence-corrected chi connectivity index (χ1v) is 6.65. The molecule has 0 unspecified atom stereocenters. The van der Waals surface area contributed by atoms with E-state index in [0.29, 0.717) is 6.54 Å². The van der Waals surface area contributed by atoms with Crippen molar-refractivity contribution in [3.63, 3.8) is 0 Å². The highest BCUT2D eigenvalue weighted by Gasteiger charge is 2.22. The molecule has 1 aliphatic rings. The summed E-state index contributed by atoms with van der Waals surface area (Å²) in [5.41, 5.74) is 0.941. The Morgan fingerprint density at radius 3 is 3.21 bits per heavy atom. The molecule has 0 saturated carbocycles. The van der Waals surface area contributed by atoms with Gasteiger partial charge in [0, 0.05) is 30.9 Å². The van der Waals surface area contributed by atoms with Gasteiger partial charge in [0.25, 0.3) is 0 Å². The van der Waals surface area contributed by atoms with E-state index in [1.807, 2.05) is 6.92 Å². The molecule has 1 fully saturated rings. The number of rotatable bonds is 3. The van der Waals surface area contributed by atoms with Crippen LogP contribution < -0.4 is 5.32 Å².